The van der Waals surface area contributed by atoms with Gasteiger partial charge >= 0.3 is 0 Å². The van der Waals surface area contributed by atoms with Crippen molar-refractivity contribution < 1.29 is 17.9 Å². The molecule has 2 aliphatic carbocycles. The van der Waals surface area contributed by atoms with Crippen molar-refractivity contribution in [3.63, 3.8) is 0 Å². The molecule has 3 aliphatic rings. The smallest absolute Gasteiger partial charge is 0.243 e. The van der Waals surface area contributed by atoms with Crippen LogP contribution in [0.15, 0.2) is 23.1 Å². The number of carbonyl (C=O) groups excluding carboxylic acids is 1. The number of nitrogens with one attached hydrogen (secondary N) is 2. The zero-order valence-corrected chi connectivity index (χ0v) is 19.3. The number of hydrogen-bond donors (Lipinski definition) is 2. The van der Waals surface area contributed by atoms with E-state index >= 15 is 0 Å². The van der Waals surface area contributed by atoms with Gasteiger partial charge in [-0.1, -0.05) is 19.8 Å². The quantitative estimate of drug-likeness (QED) is 0.562. The van der Waals surface area contributed by atoms with E-state index in [2.05, 4.69) is 17.6 Å². The molecule has 1 aliphatic heterocycles. The van der Waals surface area contributed by atoms with Crippen LogP contribution in [0.1, 0.15) is 51.9 Å². The fraction of sp³-hybridized carbons (Fsp3) is 0.696. The van der Waals surface area contributed by atoms with E-state index in [1.54, 1.807) is 18.2 Å². The Morgan fingerprint density at radius 3 is 2.65 bits per heavy atom. The first-order valence-corrected chi connectivity index (χ1v) is 13.2. The molecular weight excluding hydrogens is 414 g/mol. The fourth-order valence-electron chi connectivity index (χ4n) is 5.34. The molecule has 4 rings (SSSR count). The van der Waals surface area contributed by atoms with Crippen molar-refractivity contribution in [1.29, 1.82) is 0 Å². The Morgan fingerprint density at radius 1 is 1.16 bits per heavy atom. The minimum atomic E-state index is -3.62. The molecule has 0 unspecified atom stereocenters. The summed E-state index contributed by atoms with van der Waals surface area (Å²) in [4.78, 5) is 13.1. The van der Waals surface area contributed by atoms with Gasteiger partial charge in [0, 0.05) is 26.1 Å². The van der Waals surface area contributed by atoms with E-state index in [0.29, 0.717) is 50.2 Å². The number of carbonyl (C=O) groups is 1. The average Bonchev–Trinajstić information content (AvgIpc) is 3.38. The molecule has 3 atom stereocenters. The Labute approximate surface area is 186 Å². The number of nitrogens with zero attached hydrogens (tertiary/aromatic N) is 1. The van der Waals surface area contributed by atoms with Gasteiger partial charge in [-0.05, 0) is 61.6 Å². The number of sulfonamides is 1. The summed E-state index contributed by atoms with van der Waals surface area (Å²) in [5.74, 6) is 1.94. The van der Waals surface area contributed by atoms with Gasteiger partial charge in [0.1, 0.15) is 0 Å². The van der Waals surface area contributed by atoms with E-state index < -0.39 is 10.0 Å². The molecule has 31 heavy (non-hydrogen) atoms. The van der Waals surface area contributed by atoms with Gasteiger partial charge in [0.15, 0.2) is 0 Å². The van der Waals surface area contributed by atoms with E-state index in [0.717, 1.165) is 37.4 Å². The summed E-state index contributed by atoms with van der Waals surface area (Å²) < 4.78 is 32.9. The molecule has 2 N–H and O–H groups in total. The highest BCUT2D eigenvalue weighted by Crippen LogP contribution is 2.49. The highest BCUT2D eigenvalue weighted by Gasteiger charge is 2.40. The molecule has 0 spiro atoms. The number of fused-ring (bicyclic) bond motifs is 2. The van der Waals surface area contributed by atoms with Gasteiger partial charge < -0.3 is 15.4 Å². The Kier molecular flexibility index (Phi) is 7.19. The topological polar surface area (TPSA) is 87.7 Å². The first-order valence-electron chi connectivity index (χ1n) is 11.7. The molecule has 1 aromatic rings. The number of rotatable bonds is 9. The molecule has 2 bridgehead atoms. The number of morpholine rings is 1. The summed E-state index contributed by atoms with van der Waals surface area (Å²) in [6.45, 7) is 4.42. The lowest BCUT2D eigenvalue weighted by atomic mass is 9.86. The van der Waals surface area contributed by atoms with Crippen LogP contribution >= 0.6 is 0 Å². The number of hydrogen-bond acceptors (Lipinski definition) is 5. The first-order chi connectivity index (χ1) is 15.0. The minimum absolute atomic E-state index is 0.0167. The standard InChI is InChI=1S/C23H35N3O4S/c1-2-3-8-24-21-7-6-20(31(28,29)26-9-11-30-12-10-26)16-22(21)25-23(27)15-19-14-17-4-5-18(19)13-17/h6-7,16-19,24H,2-5,8-15H2,1H3,(H,25,27)/t17-,18-,19+/m0/s1. The lowest BCUT2D eigenvalue weighted by Gasteiger charge is -2.26. The maximum absolute atomic E-state index is 13.1. The lowest BCUT2D eigenvalue weighted by Crippen LogP contribution is -2.40. The van der Waals surface area contributed by atoms with Gasteiger partial charge in [-0.15, -0.1) is 0 Å². The van der Waals surface area contributed by atoms with Crippen LogP contribution in [0.2, 0.25) is 0 Å². The van der Waals surface area contributed by atoms with Crippen LogP contribution in [0.5, 0.6) is 0 Å². The van der Waals surface area contributed by atoms with E-state index in [9.17, 15) is 13.2 Å². The van der Waals surface area contributed by atoms with Gasteiger partial charge in [-0.25, -0.2) is 8.42 Å². The fourth-order valence-corrected chi connectivity index (χ4v) is 6.78. The molecular formula is C23H35N3O4S. The van der Waals surface area contributed by atoms with Crippen molar-refractivity contribution in [2.75, 3.05) is 43.5 Å². The molecule has 2 saturated carbocycles. The highest BCUT2D eigenvalue weighted by atomic mass is 32.2. The zero-order chi connectivity index (χ0) is 21.8. The van der Waals surface area contributed by atoms with Crippen LogP contribution in [-0.4, -0.2) is 51.5 Å². The minimum Gasteiger partial charge on any atom is -0.383 e. The Bertz CT molecular complexity index is 883. The van der Waals surface area contributed by atoms with Crippen LogP contribution in [0.4, 0.5) is 11.4 Å². The average molecular weight is 450 g/mol. The van der Waals surface area contributed by atoms with E-state index in [1.165, 1.54) is 23.6 Å². The molecule has 8 heteroatoms. The van der Waals surface area contributed by atoms with Crippen molar-refractivity contribution in [3.8, 4) is 0 Å². The zero-order valence-electron chi connectivity index (χ0n) is 18.4. The third kappa shape index (κ3) is 5.23. The van der Waals surface area contributed by atoms with Crippen LogP contribution in [-0.2, 0) is 19.6 Å². The summed E-state index contributed by atoms with van der Waals surface area (Å²) in [5, 5.41) is 6.39. The molecule has 3 fully saturated rings. The van der Waals surface area contributed by atoms with Crippen molar-refractivity contribution >= 4 is 27.3 Å². The molecule has 7 nitrogen and oxygen atoms in total. The summed E-state index contributed by atoms with van der Waals surface area (Å²) in [6.07, 6.45) is 7.58. The second kappa shape index (κ2) is 9.88. The first kappa shape index (κ1) is 22.6. The molecule has 172 valence electrons. The van der Waals surface area contributed by atoms with Gasteiger partial charge in [-0.2, -0.15) is 4.31 Å². The summed E-state index contributed by atoms with van der Waals surface area (Å²) in [7, 11) is -3.62. The summed E-state index contributed by atoms with van der Waals surface area (Å²) in [5.41, 5.74) is 1.33. The van der Waals surface area contributed by atoms with Crippen molar-refractivity contribution in [2.45, 2.75) is 56.8 Å². The SMILES string of the molecule is CCCCNc1ccc(S(=O)(=O)N2CCOCC2)cc1NC(=O)C[C@H]1C[C@H]2CC[C@H]1C2. The van der Waals surface area contributed by atoms with Gasteiger partial charge in [0.05, 0.1) is 29.5 Å². The Morgan fingerprint density at radius 2 is 1.97 bits per heavy atom. The van der Waals surface area contributed by atoms with E-state index in [4.69, 9.17) is 4.74 Å². The summed E-state index contributed by atoms with van der Waals surface area (Å²) >= 11 is 0. The van der Waals surface area contributed by atoms with E-state index in [-0.39, 0.29) is 10.8 Å². The second-order valence-electron chi connectivity index (χ2n) is 9.19. The molecule has 0 radical (unpaired) electrons. The van der Waals surface area contributed by atoms with Crippen LogP contribution in [0.3, 0.4) is 0 Å². The van der Waals surface area contributed by atoms with E-state index in [1.807, 2.05) is 0 Å². The third-order valence-electron chi connectivity index (χ3n) is 7.05. The maximum Gasteiger partial charge on any atom is 0.243 e. The van der Waals surface area contributed by atoms with Crippen LogP contribution < -0.4 is 10.6 Å². The monoisotopic (exact) mass is 449 g/mol. The predicted molar refractivity (Wildman–Crippen MR) is 122 cm³/mol. The number of ether oxygens (including phenoxy) is 1. The lowest BCUT2D eigenvalue weighted by molar-refractivity contribution is -0.117. The van der Waals surface area contributed by atoms with Gasteiger partial charge in [0.25, 0.3) is 0 Å². The largest absolute Gasteiger partial charge is 0.383 e. The number of unbranched alkanes of at least 4 members (excludes halogenated alkanes) is 1. The third-order valence-corrected chi connectivity index (χ3v) is 8.95. The van der Waals surface area contributed by atoms with Crippen LogP contribution in [0, 0.1) is 17.8 Å². The second-order valence-corrected chi connectivity index (χ2v) is 11.1. The number of benzene rings is 1. The molecule has 0 aromatic heterocycles. The molecule has 1 amide bonds. The van der Waals surface area contributed by atoms with Crippen molar-refractivity contribution in [1.82, 2.24) is 4.31 Å². The molecule has 1 aromatic carbocycles. The Balaban J connectivity index is 1.51. The van der Waals surface area contributed by atoms with Gasteiger partial charge in [0.2, 0.25) is 15.9 Å². The number of amides is 1. The number of anilines is 2. The molecule has 1 heterocycles. The Hall–Kier alpha value is -1.64. The van der Waals surface area contributed by atoms with Crippen molar-refractivity contribution in [3.05, 3.63) is 18.2 Å². The molecule has 1 saturated heterocycles. The summed E-state index contributed by atoms with van der Waals surface area (Å²) in [6, 6.07) is 5.01. The maximum atomic E-state index is 13.1. The highest BCUT2D eigenvalue weighted by molar-refractivity contribution is 7.89. The predicted octanol–water partition coefficient (Wildman–Crippen LogP) is 3.68. The van der Waals surface area contributed by atoms with Crippen molar-refractivity contribution in [2.24, 2.45) is 17.8 Å². The normalized spacial score (nSPS) is 26.2. The van der Waals surface area contributed by atoms with Crippen LogP contribution in [0.25, 0.3) is 0 Å². The van der Waals surface area contributed by atoms with Gasteiger partial charge in [-0.3, -0.25) is 4.79 Å².